The molecule has 0 aliphatic heterocycles. The van der Waals surface area contributed by atoms with Crippen molar-refractivity contribution in [3.63, 3.8) is 0 Å². The van der Waals surface area contributed by atoms with Crippen LogP contribution in [0, 0.1) is 0 Å². The summed E-state index contributed by atoms with van der Waals surface area (Å²) in [5.74, 6) is -0.745. The van der Waals surface area contributed by atoms with Gasteiger partial charge < -0.3 is 19.5 Å². The number of ether oxygens (including phenoxy) is 2. The quantitative estimate of drug-likeness (QED) is 0.685. The molecule has 0 atom stereocenters. The predicted octanol–water partition coefficient (Wildman–Crippen LogP) is 0.692. The summed E-state index contributed by atoms with van der Waals surface area (Å²) in [5.41, 5.74) is 0. The number of aliphatic carboxylic acids is 1. The van der Waals surface area contributed by atoms with Crippen molar-refractivity contribution in [2.24, 2.45) is 0 Å². The third-order valence-electron chi connectivity index (χ3n) is 1.66. The molecule has 0 aromatic rings. The van der Waals surface area contributed by atoms with Gasteiger partial charge in [0, 0.05) is 33.7 Å². The lowest BCUT2D eigenvalue weighted by Crippen LogP contribution is -2.26. The Kier molecular flexibility index (Phi) is 14.9. The van der Waals surface area contributed by atoms with Gasteiger partial charge in [-0.1, -0.05) is 6.92 Å². The van der Waals surface area contributed by atoms with Crippen LogP contribution in [0.1, 0.15) is 13.3 Å². The highest BCUT2D eigenvalue weighted by molar-refractivity contribution is 5.66. The van der Waals surface area contributed by atoms with Crippen LogP contribution in [0.3, 0.4) is 0 Å². The Morgan fingerprint density at radius 1 is 1.20 bits per heavy atom. The maximum Gasteiger partial charge on any atom is 0.303 e. The van der Waals surface area contributed by atoms with Crippen LogP contribution in [0.15, 0.2) is 0 Å². The molecular weight excluding hydrogens is 198 g/mol. The van der Waals surface area contributed by atoms with Crippen molar-refractivity contribution in [1.29, 1.82) is 0 Å². The summed E-state index contributed by atoms with van der Waals surface area (Å²) in [7, 11) is 5.48. The van der Waals surface area contributed by atoms with Gasteiger partial charge in [0.25, 0.3) is 0 Å². The molecule has 15 heavy (non-hydrogen) atoms. The van der Waals surface area contributed by atoms with E-state index in [0.29, 0.717) is 0 Å². The van der Waals surface area contributed by atoms with E-state index in [4.69, 9.17) is 14.6 Å². The Labute approximate surface area is 92.0 Å². The van der Waals surface area contributed by atoms with E-state index in [-0.39, 0.29) is 6.42 Å². The van der Waals surface area contributed by atoms with Crippen LogP contribution in [-0.4, -0.2) is 63.5 Å². The van der Waals surface area contributed by atoms with E-state index in [1.165, 1.54) is 0 Å². The number of carboxylic acids is 1. The lowest BCUT2D eigenvalue weighted by molar-refractivity contribution is -0.136. The van der Waals surface area contributed by atoms with E-state index < -0.39 is 5.97 Å². The summed E-state index contributed by atoms with van der Waals surface area (Å²) < 4.78 is 9.82. The molecule has 1 N–H and O–H groups in total. The largest absolute Gasteiger partial charge is 0.481 e. The van der Waals surface area contributed by atoms with Gasteiger partial charge >= 0.3 is 5.97 Å². The molecule has 0 aromatic carbocycles. The minimum atomic E-state index is -0.745. The Morgan fingerprint density at radius 3 is 1.73 bits per heavy atom. The molecule has 0 amide bonds. The normalized spacial score (nSPS) is 9.67. The standard InChI is InChI=1S/C7H17NO2.C3H6O2/c1-8(4-6-9-2)5-7-10-3;1-2-3(4)5/h4-7H2,1-3H3;2H2,1H3,(H,4,5). The first-order valence-electron chi connectivity index (χ1n) is 4.96. The molecule has 0 rings (SSSR count). The van der Waals surface area contributed by atoms with Crippen molar-refractivity contribution in [1.82, 2.24) is 4.90 Å². The maximum absolute atomic E-state index is 9.37. The van der Waals surface area contributed by atoms with E-state index in [2.05, 4.69) is 11.9 Å². The molecule has 92 valence electrons. The number of rotatable bonds is 7. The zero-order valence-electron chi connectivity index (χ0n) is 10.2. The highest BCUT2D eigenvalue weighted by Crippen LogP contribution is 1.81. The number of nitrogens with zero attached hydrogens (tertiary/aromatic N) is 1. The maximum atomic E-state index is 9.37. The molecular formula is C10H23NO4. The average molecular weight is 221 g/mol. The van der Waals surface area contributed by atoms with Gasteiger partial charge in [0.05, 0.1) is 13.2 Å². The smallest absolute Gasteiger partial charge is 0.303 e. The second kappa shape index (κ2) is 13.4. The molecule has 0 aliphatic rings. The van der Waals surface area contributed by atoms with Crippen molar-refractivity contribution >= 4 is 5.97 Å². The van der Waals surface area contributed by atoms with Gasteiger partial charge in [0.1, 0.15) is 0 Å². The highest BCUT2D eigenvalue weighted by atomic mass is 16.5. The lowest BCUT2D eigenvalue weighted by Gasteiger charge is -2.14. The number of hydrogen-bond acceptors (Lipinski definition) is 4. The van der Waals surface area contributed by atoms with Crippen molar-refractivity contribution in [3.05, 3.63) is 0 Å². The Hall–Kier alpha value is -0.650. The van der Waals surface area contributed by atoms with Crippen molar-refractivity contribution in [2.75, 3.05) is 47.6 Å². The van der Waals surface area contributed by atoms with Crippen LogP contribution >= 0.6 is 0 Å². The van der Waals surface area contributed by atoms with Crippen LogP contribution in [0.5, 0.6) is 0 Å². The molecule has 0 aliphatic carbocycles. The van der Waals surface area contributed by atoms with Crippen LogP contribution in [0.25, 0.3) is 0 Å². The fourth-order valence-corrected chi connectivity index (χ4v) is 0.606. The summed E-state index contributed by atoms with van der Waals surface area (Å²) >= 11 is 0. The SMILES string of the molecule is CCC(=O)O.COCCN(C)CCOC. The molecule has 0 unspecified atom stereocenters. The van der Waals surface area contributed by atoms with Crippen molar-refractivity contribution in [3.8, 4) is 0 Å². The third-order valence-corrected chi connectivity index (χ3v) is 1.66. The highest BCUT2D eigenvalue weighted by Gasteiger charge is 1.94. The molecule has 0 spiro atoms. The van der Waals surface area contributed by atoms with Gasteiger partial charge in [-0.2, -0.15) is 0 Å². The molecule has 0 bridgehead atoms. The summed E-state index contributed by atoms with van der Waals surface area (Å²) in [5, 5.41) is 7.72. The topological polar surface area (TPSA) is 59.0 Å². The molecule has 5 nitrogen and oxygen atoms in total. The number of likely N-dealkylation sites (N-methyl/N-ethyl adjacent to an activating group) is 1. The number of hydrogen-bond donors (Lipinski definition) is 1. The zero-order valence-corrected chi connectivity index (χ0v) is 10.2. The first kappa shape index (κ1) is 16.8. The van der Waals surface area contributed by atoms with Crippen LogP contribution < -0.4 is 0 Å². The fraction of sp³-hybridized carbons (Fsp3) is 0.900. The van der Waals surface area contributed by atoms with E-state index >= 15 is 0 Å². The van der Waals surface area contributed by atoms with Crippen LogP contribution in [0.4, 0.5) is 0 Å². The second-order valence-electron chi connectivity index (χ2n) is 3.04. The van der Waals surface area contributed by atoms with Gasteiger partial charge in [-0.05, 0) is 7.05 Å². The minimum absolute atomic E-state index is 0.222. The first-order valence-corrected chi connectivity index (χ1v) is 4.96. The predicted molar refractivity (Wildman–Crippen MR) is 59.2 cm³/mol. The molecule has 0 saturated carbocycles. The van der Waals surface area contributed by atoms with E-state index in [1.54, 1.807) is 21.1 Å². The van der Waals surface area contributed by atoms with E-state index in [0.717, 1.165) is 26.3 Å². The van der Waals surface area contributed by atoms with E-state index in [1.807, 2.05) is 0 Å². The molecule has 0 aromatic heterocycles. The van der Waals surface area contributed by atoms with Gasteiger partial charge in [0.15, 0.2) is 0 Å². The number of carboxylic acid groups (broad SMARTS) is 1. The van der Waals surface area contributed by atoms with E-state index in [9.17, 15) is 4.79 Å². The molecule has 0 saturated heterocycles. The van der Waals surface area contributed by atoms with Crippen LogP contribution in [0.2, 0.25) is 0 Å². The Balaban J connectivity index is 0. The van der Waals surface area contributed by atoms with Crippen molar-refractivity contribution < 1.29 is 19.4 Å². The van der Waals surface area contributed by atoms with Crippen molar-refractivity contribution in [2.45, 2.75) is 13.3 Å². The first-order chi connectivity index (χ1) is 7.08. The average Bonchev–Trinajstić information content (AvgIpc) is 2.24. The van der Waals surface area contributed by atoms with Gasteiger partial charge in [0.2, 0.25) is 0 Å². The number of carbonyl (C=O) groups is 1. The van der Waals surface area contributed by atoms with Gasteiger partial charge in [-0.25, -0.2) is 0 Å². The summed E-state index contributed by atoms with van der Waals surface area (Å²) in [6.07, 6.45) is 0.222. The second-order valence-corrected chi connectivity index (χ2v) is 3.04. The summed E-state index contributed by atoms with van der Waals surface area (Å²) in [4.78, 5) is 11.5. The minimum Gasteiger partial charge on any atom is -0.481 e. The fourth-order valence-electron chi connectivity index (χ4n) is 0.606. The zero-order chi connectivity index (χ0) is 12.1. The summed E-state index contributed by atoms with van der Waals surface area (Å²) in [6, 6.07) is 0. The lowest BCUT2D eigenvalue weighted by atomic mass is 10.5. The Morgan fingerprint density at radius 2 is 1.53 bits per heavy atom. The Bertz CT molecular complexity index is 133. The van der Waals surface area contributed by atoms with Gasteiger partial charge in [-0.15, -0.1) is 0 Å². The summed E-state index contributed by atoms with van der Waals surface area (Å²) in [6.45, 7) is 5.13. The van der Waals surface area contributed by atoms with Crippen LogP contribution in [-0.2, 0) is 14.3 Å². The molecule has 0 fully saturated rings. The monoisotopic (exact) mass is 221 g/mol. The number of methoxy groups -OCH3 is 2. The molecule has 0 radical (unpaired) electrons. The molecule has 0 heterocycles. The van der Waals surface area contributed by atoms with Gasteiger partial charge in [-0.3, -0.25) is 4.79 Å². The third kappa shape index (κ3) is 19.7. The molecule has 5 heteroatoms.